The molecule has 0 saturated heterocycles. The third-order valence-corrected chi connectivity index (χ3v) is 5.67. The fourth-order valence-corrected chi connectivity index (χ4v) is 4.13. The number of anilines is 1. The normalized spacial score (nSPS) is 10.5. The second kappa shape index (κ2) is 8.44. The van der Waals surface area contributed by atoms with Gasteiger partial charge in [0.15, 0.2) is 0 Å². The van der Waals surface area contributed by atoms with E-state index in [9.17, 15) is 14.0 Å². The Labute approximate surface area is 162 Å². The first-order valence-corrected chi connectivity index (χ1v) is 9.82. The zero-order valence-electron chi connectivity index (χ0n) is 13.4. The molecule has 3 aromatic rings. The van der Waals surface area contributed by atoms with Gasteiger partial charge in [-0.25, -0.2) is 4.39 Å². The molecule has 0 saturated carbocycles. The summed E-state index contributed by atoms with van der Waals surface area (Å²) in [5.74, 6) is -2.16. The lowest BCUT2D eigenvalue weighted by atomic mass is 10.3. The summed E-state index contributed by atoms with van der Waals surface area (Å²) in [5.41, 5.74) is 1.45. The van der Waals surface area contributed by atoms with Crippen LogP contribution in [-0.2, 0) is 16.0 Å². The highest BCUT2D eigenvalue weighted by molar-refractivity contribution is 7.16. The first kappa shape index (κ1) is 18.6. The highest BCUT2D eigenvalue weighted by atomic mass is 35.5. The molecule has 0 fully saturated rings. The van der Waals surface area contributed by atoms with Gasteiger partial charge in [0.1, 0.15) is 5.82 Å². The Morgan fingerprint density at radius 2 is 1.96 bits per heavy atom. The average Bonchev–Trinajstić information content (AvgIpc) is 3.29. The van der Waals surface area contributed by atoms with Gasteiger partial charge in [-0.15, -0.1) is 11.3 Å². The van der Waals surface area contributed by atoms with Gasteiger partial charge < -0.3 is 10.6 Å². The summed E-state index contributed by atoms with van der Waals surface area (Å²) in [7, 11) is 0. The molecule has 4 nitrogen and oxygen atoms in total. The van der Waals surface area contributed by atoms with Gasteiger partial charge in [-0.1, -0.05) is 11.6 Å². The Balaban J connectivity index is 1.47. The minimum atomic E-state index is -0.821. The number of rotatable bonds is 5. The number of carbonyl (C=O) groups is 2. The van der Waals surface area contributed by atoms with Crippen molar-refractivity contribution in [2.45, 2.75) is 6.42 Å². The van der Waals surface area contributed by atoms with Crippen molar-refractivity contribution >= 4 is 51.8 Å². The van der Waals surface area contributed by atoms with Crippen molar-refractivity contribution in [2.24, 2.45) is 0 Å². The Morgan fingerprint density at radius 3 is 2.69 bits per heavy atom. The third-order valence-electron chi connectivity index (χ3n) is 3.51. The second-order valence-corrected chi connectivity index (χ2v) is 7.72. The van der Waals surface area contributed by atoms with Crippen molar-refractivity contribution < 1.29 is 14.0 Å². The van der Waals surface area contributed by atoms with Gasteiger partial charge >= 0.3 is 11.8 Å². The van der Waals surface area contributed by atoms with Gasteiger partial charge in [0.25, 0.3) is 0 Å². The van der Waals surface area contributed by atoms with Gasteiger partial charge in [0.2, 0.25) is 0 Å². The SMILES string of the molecule is O=C(NCCc1ccc(-c2ccsc2)s1)C(=O)Nc1ccc(F)c(Cl)c1. The fraction of sp³-hybridized carbons (Fsp3) is 0.111. The van der Waals surface area contributed by atoms with Gasteiger partial charge in [0.05, 0.1) is 5.02 Å². The Kier molecular flexibility index (Phi) is 6.03. The molecule has 2 amide bonds. The molecular formula is C18H14ClFN2O2S2. The van der Waals surface area contributed by atoms with Crippen molar-refractivity contribution in [3.05, 3.63) is 62.9 Å². The smallest absolute Gasteiger partial charge is 0.313 e. The van der Waals surface area contributed by atoms with Crippen LogP contribution in [0.3, 0.4) is 0 Å². The predicted octanol–water partition coefficient (Wildman–Crippen LogP) is 4.57. The average molecular weight is 409 g/mol. The van der Waals surface area contributed by atoms with E-state index in [0.29, 0.717) is 13.0 Å². The molecule has 0 atom stereocenters. The van der Waals surface area contributed by atoms with E-state index in [0.717, 1.165) is 10.9 Å². The van der Waals surface area contributed by atoms with Gasteiger partial charge in [-0.2, -0.15) is 11.3 Å². The fourth-order valence-electron chi connectivity index (χ4n) is 2.21. The second-order valence-electron chi connectivity index (χ2n) is 5.37. The molecule has 134 valence electrons. The molecule has 3 rings (SSSR count). The summed E-state index contributed by atoms with van der Waals surface area (Å²) in [5, 5.41) is 8.95. The maximum atomic E-state index is 13.1. The summed E-state index contributed by atoms with van der Waals surface area (Å²) in [4.78, 5) is 26.0. The largest absolute Gasteiger partial charge is 0.347 e. The first-order valence-electron chi connectivity index (χ1n) is 7.68. The van der Waals surface area contributed by atoms with E-state index in [1.165, 1.54) is 22.6 Å². The van der Waals surface area contributed by atoms with Crippen LogP contribution < -0.4 is 10.6 Å². The van der Waals surface area contributed by atoms with E-state index in [-0.39, 0.29) is 10.7 Å². The summed E-state index contributed by atoms with van der Waals surface area (Å²) in [6.45, 7) is 0.347. The predicted molar refractivity (Wildman–Crippen MR) is 104 cm³/mol. The number of nitrogens with one attached hydrogen (secondary N) is 2. The molecule has 1 aromatic carbocycles. The molecular weight excluding hydrogens is 395 g/mol. The number of amides is 2. The van der Waals surface area contributed by atoms with E-state index in [4.69, 9.17) is 11.6 Å². The zero-order chi connectivity index (χ0) is 18.5. The van der Waals surface area contributed by atoms with Gasteiger partial charge in [-0.3, -0.25) is 9.59 Å². The summed E-state index contributed by atoms with van der Waals surface area (Å²) >= 11 is 8.95. The van der Waals surface area contributed by atoms with Crippen molar-refractivity contribution in [3.63, 3.8) is 0 Å². The molecule has 0 aliphatic carbocycles. The van der Waals surface area contributed by atoms with E-state index < -0.39 is 17.6 Å². The molecule has 0 unspecified atom stereocenters. The standard InChI is InChI=1S/C18H14ClFN2O2S2/c19-14-9-12(1-3-15(14)20)22-18(24)17(23)21-7-5-13-2-4-16(26-13)11-6-8-25-10-11/h1-4,6,8-10H,5,7H2,(H,21,23)(H,22,24). The van der Waals surface area contributed by atoms with Crippen LogP contribution in [0.4, 0.5) is 10.1 Å². The quantitative estimate of drug-likeness (QED) is 0.608. The molecule has 2 N–H and O–H groups in total. The van der Waals surface area contributed by atoms with Crippen LogP contribution in [0.2, 0.25) is 5.02 Å². The Hall–Kier alpha value is -2.22. The molecule has 26 heavy (non-hydrogen) atoms. The van der Waals surface area contributed by atoms with Crippen LogP contribution in [0.5, 0.6) is 0 Å². The lowest BCUT2D eigenvalue weighted by Gasteiger charge is -2.06. The summed E-state index contributed by atoms with van der Waals surface area (Å²) < 4.78 is 13.1. The minimum absolute atomic E-state index is 0.123. The lowest BCUT2D eigenvalue weighted by Crippen LogP contribution is -2.36. The molecule has 8 heteroatoms. The number of carbonyl (C=O) groups excluding carboxylic acids is 2. The van der Waals surface area contributed by atoms with Gasteiger partial charge in [-0.05, 0) is 53.6 Å². The van der Waals surface area contributed by atoms with E-state index in [1.54, 1.807) is 22.7 Å². The number of benzene rings is 1. The minimum Gasteiger partial charge on any atom is -0.347 e. The third kappa shape index (κ3) is 4.69. The number of halogens is 2. The van der Waals surface area contributed by atoms with Crippen molar-refractivity contribution in [1.82, 2.24) is 5.32 Å². The van der Waals surface area contributed by atoms with Crippen LogP contribution >= 0.6 is 34.3 Å². The van der Waals surface area contributed by atoms with Crippen LogP contribution in [0.25, 0.3) is 10.4 Å². The topological polar surface area (TPSA) is 58.2 Å². The lowest BCUT2D eigenvalue weighted by molar-refractivity contribution is -0.136. The van der Waals surface area contributed by atoms with Crippen LogP contribution in [0.15, 0.2) is 47.2 Å². The molecule has 0 radical (unpaired) electrons. The zero-order valence-corrected chi connectivity index (χ0v) is 15.8. The first-order chi connectivity index (χ1) is 12.5. The highest BCUT2D eigenvalue weighted by Crippen LogP contribution is 2.29. The van der Waals surface area contributed by atoms with Crippen molar-refractivity contribution in [3.8, 4) is 10.4 Å². The molecule has 2 aromatic heterocycles. The molecule has 0 bridgehead atoms. The summed E-state index contributed by atoms with van der Waals surface area (Å²) in [6, 6.07) is 9.84. The summed E-state index contributed by atoms with van der Waals surface area (Å²) in [6.07, 6.45) is 0.635. The number of thiophene rings is 2. The molecule has 0 spiro atoms. The van der Waals surface area contributed by atoms with Crippen molar-refractivity contribution in [1.29, 1.82) is 0 Å². The van der Waals surface area contributed by atoms with Crippen LogP contribution in [0.1, 0.15) is 4.88 Å². The van der Waals surface area contributed by atoms with Crippen LogP contribution in [0, 0.1) is 5.82 Å². The molecule has 0 aliphatic heterocycles. The van der Waals surface area contributed by atoms with Crippen molar-refractivity contribution in [2.75, 3.05) is 11.9 Å². The Morgan fingerprint density at radius 1 is 1.12 bits per heavy atom. The number of hydrogen-bond acceptors (Lipinski definition) is 4. The maximum absolute atomic E-state index is 13.1. The Bertz CT molecular complexity index is 925. The molecule has 2 heterocycles. The van der Waals surface area contributed by atoms with E-state index in [2.05, 4.69) is 28.1 Å². The maximum Gasteiger partial charge on any atom is 0.313 e. The number of hydrogen-bond donors (Lipinski definition) is 2. The van der Waals surface area contributed by atoms with Crippen LogP contribution in [-0.4, -0.2) is 18.4 Å². The van der Waals surface area contributed by atoms with E-state index in [1.807, 2.05) is 11.4 Å². The molecule has 0 aliphatic rings. The van der Waals surface area contributed by atoms with Gasteiger partial charge in [0, 0.05) is 27.5 Å². The van der Waals surface area contributed by atoms with E-state index >= 15 is 0 Å². The highest BCUT2D eigenvalue weighted by Gasteiger charge is 2.14. The monoisotopic (exact) mass is 408 g/mol.